The maximum atomic E-state index is 14.8. The number of carbonyl (C=O) groups excluding carboxylic acids is 8. The molecule has 1 aliphatic heterocycles. The van der Waals surface area contributed by atoms with E-state index in [0.717, 1.165) is 0 Å². The molecule has 2 aliphatic rings. The maximum absolute atomic E-state index is 14.8. The summed E-state index contributed by atoms with van der Waals surface area (Å²) in [7, 11) is 2.05. The van der Waals surface area contributed by atoms with Crippen LogP contribution in [0.1, 0.15) is 118 Å². The highest BCUT2D eigenvalue weighted by molar-refractivity contribution is 7.90. The number of aliphatic carboxylic acids is 1. The summed E-state index contributed by atoms with van der Waals surface area (Å²) < 4.78 is 55.9. The fourth-order valence-corrected chi connectivity index (χ4v) is 11.9. The molecule has 0 radical (unpaired) electrons. The Kier molecular flexibility index (Phi) is 29.5. The number of amides is 8. The van der Waals surface area contributed by atoms with Crippen LogP contribution in [-0.2, 0) is 85.1 Å². The summed E-state index contributed by atoms with van der Waals surface area (Å²) in [5.41, 5.74) is 1.69. The Balaban J connectivity index is 1.36. The molecule has 4 rings (SSSR count). The Morgan fingerprint density at radius 1 is 0.713 bits per heavy atom. The molecule has 2 aromatic rings. The number of likely N-dealkylation sites (tertiary alicyclic amines) is 1. The first-order valence-corrected chi connectivity index (χ1v) is 31.5. The molecule has 486 valence electrons. The molecule has 1 heterocycles. The van der Waals surface area contributed by atoms with Gasteiger partial charge in [0.2, 0.25) is 45.5 Å². The van der Waals surface area contributed by atoms with E-state index in [1.54, 1.807) is 101 Å². The van der Waals surface area contributed by atoms with E-state index >= 15 is 0 Å². The second-order valence-electron chi connectivity index (χ2n) is 23.2. The number of rotatable bonds is 37. The van der Waals surface area contributed by atoms with E-state index < -0.39 is 129 Å². The lowest BCUT2D eigenvalue weighted by atomic mass is 9.89. The minimum Gasteiger partial charge on any atom is -0.481 e. The molecule has 0 bridgehead atoms. The summed E-state index contributed by atoms with van der Waals surface area (Å²) in [5.74, 6) is -6.56. The number of carboxylic acid groups (broad SMARTS) is 1. The Morgan fingerprint density at radius 3 is 1.91 bits per heavy atom. The standard InChI is InChI=1S/C61H94N8O17S/c1-13-39(6)54(48(82-11)35-50(71)69-29-17-20-47(69)55(83-12)40(7)56(74)64-46(34-42-18-15-14-16-19-42)58(76)66-87(80,81)45-25-26-45)67(9)60(78)52(37(2)3)65-59(77)53(38(4)5)68(10)61(79)86-36-43-21-23-44(24-22-43)63-57(75)41(8)62-49(70)27-30-84-32-33-85-31-28-51(72)73/h14-16,18-19,21-24,37-41,45-48,52-55H,13,17,20,25-36H2,1-12H3,(H,62,70)(H,63,75)(H,64,74)(H,65,77)(H,66,76)(H,72,73)/t39-,40+,41-,46-,47-,48+,52-,53?,54-,55+/m0/s1. The van der Waals surface area contributed by atoms with E-state index in [4.69, 9.17) is 28.8 Å². The summed E-state index contributed by atoms with van der Waals surface area (Å²) in [5, 5.41) is 19.0. The van der Waals surface area contributed by atoms with Crippen molar-refractivity contribution in [3.63, 3.8) is 0 Å². The van der Waals surface area contributed by atoms with Crippen molar-refractivity contribution in [2.75, 3.05) is 66.6 Å². The predicted octanol–water partition coefficient (Wildman–Crippen LogP) is 4.02. The van der Waals surface area contributed by atoms with Crippen LogP contribution in [-0.4, -0.2) is 197 Å². The van der Waals surface area contributed by atoms with E-state index in [2.05, 4.69) is 26.0 Å². The summed E-state index contributed by atoms with van der Waals surface area (Å²) in [6.45, 7) is 14.8. The number of carbonyl (C=O) groups is 9. The quantitative estimate of drug-likeness (QED) is 0.0521. The Morgan fingerprint density at radius 2 is 1.34 bits per heavy atom. The molecule has 25 nitrogen and oxygen atoms in total. The SMILES string of the molecule is CC[C@H](C)[C@@H]([C@@H](CC(=O)N1CCC[C@H]1[C@H](OC)[C@@H](C)C(=O)N[C@@H](Cc1ccccc1)C(=O)NS(=O)(=O)C1CC1)OC)N(C)C(=O)[C@@H](NC(=O)C(C(C)C)N(C)C(=O)OCc1ccc(NC(=O)[C@H](C)NC(=O)CCOCCOCCC(=O)O)cc1)C(C)C. The van der Waals surface area contributed by atoms with Crippen LogP contribution in [0.4, 0.5) is 10.5 Å². The van der Waals surface area contributed by atoms with Crippen LogP contribution in [0, 0.1) is 23.7 Å². The zero-order valence-corrected chi connectivity index (χ0v) is 53.4. The van der Waals surface area contributed by atoms with Crippen molar-refractivity contribution in [2.45, 2.75) is 173 Å². The molecule has 10 atom stereocenters. The number of ether oxygens (including phenoxy) is 5. The maximum Gasteiger partial charge on any atom is 0.410 e. The van der Waals surface area contributed by atoms with E-state index in [9.17, 15) is 51.6 Å². The van der Waals surface area contributed by atoms with Gasteiger partial charge in [-0.2, -0.15) is 0 Å². The third-order valence-corrected chi connectivity index (χ3v) is 17.7. The third kappa shape index (κ3) is 22.4. The van der Waals surface area contributed by atoms with Gasteiger partial charge in [0.15, 0.2) is 0 Å². The molecule has 26 heteroatoms. The lowest BCUT2D eigenvalue weighted by molar-refractivity contribution is -0.148. The van der Waals surface area contributed by atoms with Crippen molar-refractivity contribution in [3.8, 4) is 0 Å². The van der Waals surface area contributed by atoms with Crippen LogP contribution < -0.4 is 26.0 Å². The second-order valence-corrected chi connectivity index (χ2v) is 25.2. The highest BCUT2D eigenvalue weighted by atomic mass is 32.2. The van der Waals surface area contributed by atoms with Crippen LogP contribution in [0.3, 0.4) is 0 Å². The molecule has 8 amide bonds. The summed E-state index contributed by atoms with van der Waals surface area (Å²) in [4.78, 5) is 125. The lowest BCUT2D eigenvalue weighted by Gasteiger charge is -2.41. The van der Waals surface area contributed by atoms with Crippen molar-refractivity contribution in [2.24, 2.45) is 23.7 Å². The van der Waals surface area contributed by atoms with Gasteiger partial charge in [0.25, 0.3) is 5.91 Å². The van der Waals surface area contributed by atoms with Crippen LogP contribution in [0.15, 0.2) is 54.6 Å². The Labute approximate surface area is 512 Å². The number of nitrogens with zero attached hydrogens (tertiary/aromatic N) is 3. The molecule has 1 saturated carbocycles. The van der Waals surface area contributed by atoms with Gasteiger partial charge in [0, 0.05) is 53.4 Å². The Bertz CT molecular complexity index is 2720. The number of hydrogen-bond acceptors (Lipinski definition) is 16. The summed E-state index contributed by atoms with van der Waals surface area (Å²) in [6.07, 6.45) is -0.107. The smallest absolute Gasteiger partial charge is 0.410 e. The van der Waals surface area contributed by atoms with Crippen LogP contribution in [0.5, 0.6) is 0 Å². The van der Waals surface area contributed by atoms with Gasteiger partial charge in [0.1, 0.15) is 30.8 Å². The molecule has 0 spiro atoms. The van der Waals surface area contributed by atoms with Crippen LogP contribution in [0.25, 0.3) is 0 Å². The van der Waals surface area contributed by atoms with Gasteiger partial charge in [-0.15, -0.1) is 0 Å². The zero-order valence-electron chi connectivity index (χ0n) is 52.5. The molecular formula is C61H94N8O17S. The normalized spacial score (nSPS) is 17.3. The Hall–Kier alpha value is -6.74. The van der Waals surface area contributed by atoms with Crippen molar-refractivity contribution >= 4 is 69.1 Å². The molecule has 6 N–H and O–H groups in total. The fraction of sp³-hybridized carbons (Fsp3) is 0.656. The number of nitrogens with one attached hydrogen (secondary N) is 5. The fourth-order valence-electron chi connectivity index (χ4n) is 10.6. The van der Waals surface area contributed by atoms with Crippen LogP contribution >= 0.6 is 0 Å². The predicted molar refractivity (Wildman–Crippen MR) is 323 cm³/mol. The average Bonchev–Trinajstić information content (AvgIpc) is 2.55. The first kappa shape index (κ1) is 72.7. The third-order valence-electron chi connectivity index (χ3n) is 15.9. The van der Waals surface area contributed by atoms with Gasteiger partial charge in [-0.25, -0.2) is 13.2 Å². The first-order valence-electron chi connectivity index (χ1n) is 29.9. The molecule has 1 unspecified atom stereocenters. The van der Waals surface area contributed by atoms with Gasteiger partial charge < -0.3 is 59.9 Å². The van der Waals surface area contributed by atoms with E-state index in [1.165, 1.54) is 38.0 Å². The molecule has 2 fully saturated rings. The number of sulfonamides is 1. The van der Waals surface area contributed by atoms with Crippen molar-refractivity contribution < 1.29 is 80.4 Å². The highest BCUT2D eigenvalue weighted by Crippen LogP contribution is 2.31. The largest absolute Gasteiger partial charge is 0.481 e. The highest BCUT2D eigenvalue weighted by Gasteiger charge is 2.45. The number of carboxylic acids is 1. The van der Waals surface area contributed by atoms with Crippen molar-refractivity contribution in [1.82, 2.24) is 35.4 Å². The topological polar surface area (TPSA) is 324 Å². The van der Waals surface area contributed by atoms with Crippen LogP contribution in [0.2, 0.25) is 0 Å². The zero-order chi connectivity index (χ0) is 64.7. The lowest BCUT2D eigenvalue weighted by Crippen LogP contribution is -2.60. The molecule has 2 aromatic carbocycles. The summed E-state index contributed by atoms with van der Waals surface area (Å²) >= 11 is 0. The van der Waals surface area contributed by atoms with E-state index in [0.29, 0.717) is 55.5 Å². The van der Waals surface area contributed by atoms with Gasteiger partial charge >= 0.3 is 12.1 Å². The molecule has 0 aromatic heterocycles. The van der Waals surface area contributed by atoms with Crippen molar-refractivity contribution in [1.29, 1.82) is 0 Å². The number of benzene rings is 2. The molecule has 1 aliphatic carbocycles. The second kappa shape index (κ2) is 35.3. The monoisotopic (exact) mass is 1240 g/mol. The van der Waals surface area contributed by atoms with E-state index in [-0.39, 0.29) is 70.5 Å². The van der Waals surface area contributed by atoms with Gasteiger partial charge in [0.05, 0.1) is 74.7 Å². The summed E-state index contributed by atoms with van der Waals surface area (Å²) in [6, 6.07) is 9.93. The van der Waals surface area contributed by atoms with E-state index in [1.807, 2.05) is 13.8 Å². The molecular weight excluding hydrogens is 1150 g/mol. The van der Waals surface area contributed by atoms with Gasteiger partial charge in [-0.05, 0) is 73.6 Å². The average molecular weight is 1240 g/mol. The van der Waals surface area contributed by atoms with Gasteiger partial charge in [-0.3, -0.25) is 48.0 Å². The minimum atomic E-state index is -3.91. The number of methoxy groups -OCH3 is 2. The molecule has 87 heavy (non-hydrogen) atoms. The number of hydrogen-bond donors (Lipinski definition) is 6. The number of likely N-dealkylation sites (N-methyl/N-ethyl adjacent to an activating group) is 2. The first-order chi connectivity index (χ1) is 41.1. The van der Waals surface area contributed by atoms with Crippen molar-refractivity contribution in [3.05, 3.63) is 65.7 Å². The molecule has 1 saturated heterocycles. The number of anilines is 1. The van der Waals surface area contributed by atoms with Gasteiger partial charge in [-0.1, -0.05) is 97.4 Å². The minimum absolute atomic E-state index is 0.00688.